The highest BCUT2D eigenvalue weighted by molar-refractivity contribution is 7.47. The summed E-state index contributed by atoms with van der Waals surface area (Å²) in [5.74, 6) is -4.16. The van der Waals surface area contributed by atoms with Gasteiger partial charge in [0.1, 0.15) is 18.0 Å². The van der Waals surface area contributed by atoms with E-state index in [1.165, 1.54) is 0 Å². The number of hydrogen-bond donors (Lipinski definition) is 3. The lowest BCUT2D eigenvalue weighted by Gasteiger charge is -2.36. The van der Waals surface area contributed by atoms with Crippen LogP contribution in [-0.2, 0) is 27.9 Å². The normalized spacial score (nSPS) is 28.1. The molecule has 0 aromatic rings. The number of phosphoric ester groups is 1. The number of allylic oxidation sites excluding steroid dienone is 3. The molecule has 11 heteroatoms. The van der Waals surface area contributed by atoms with Gasteiger partial charge in [-0.25, -0.2) is 9.36 Å². The lowest BCUT2D eigenvalue weighted by Crippen LogP contribution is -2.37. The van der Waals surface area contributed by atoms with E-state index in [1.54, 1.807) is 13.0 Å². The molecule has 2 rings (SSSR count). The van der Waals surface area contributed by atoms with Crippen LogP contribution in [0, 0.1) is 5.41 Å². The van der Waals surface area contributed by atoms with E-state index in [0.29, 0.717) is 5.57 Å². The predicted molar refractivity (Wildman–Crippen MR) is 97.1 cm³/mol. The number of Topliss-reactive ketones (excluding diaryl/α,β-unsaturated/α-hetero) is 1. The Morgan fingerprint density at radius 2 is 2.03 bits per heavy atom. The van der Waals surface area contributed by atoms with Crippen LogP contribution in [0.1, 0.15) is 34.1 Å². The summed E-state index contributed by atoms with van der Waals surface area (Å²) in [4.78, 5) is 33.6. The lowest BCUT2D eigenvalue weighted by atomic mass is 9.71. The van der Waals surface area contributed by atoms with Gasteiger partial charge in [0.25, 0.3) is 0 Å². The van der Waals surface area contributed by atoms with Crippen LogP contribution in [0.25, 0.3) is 0 Å². The standard InChI is InChI=1S/C18H25O10P/c1-5-6-10-9(2)13(20)12(7-18(10,3)4)28-29(24,25)26-8-11(19)16-14(21)15(22)17(23)27-16/h5-6,11-12,16,19,21-22H,7-8H2,1-4H3,(H,24,25)/p-1/b6-5+/t11-,12?,16+/m0/s1. The maximum absolute atomic E-state index is 12.6. The predicted octanol–water partition coefficient (Wildman–Crippen LogP) is 0.796. The molecular weight excluding hydrogens is 407 g/mol. The van der Waals surface area contributed by atoms with Gasteiger partial charge in [0.2, 0.25) is 0 Å². The van der Waals surface area contributed by atoms with Crippen molar-refractivity contribution in [3.05, 3.63) is 34.8 Å². The first-order chi connectivity index (χ1) is 13.3. The summed E-state index contributed by atoms with van der Waals surface area (Å²) in [7, 11) is -4.80. The average Bonchev–Trinajstić information content (AvgIpc) is 2.88. The Kier molecular flexibility index (Phi) is 6.76. The first-order valence-corrected chi connectivity index (χ1v) is 10.3. The van der Waals surface area contributed by atoms with E-state index < -0.39 is 61.4 Å². The zero-order valence-electron chi connectivity index (χ0n) is 16.4. The van der Waals surface area contributed by atoms with Crippen molar-refractivity contribution in [1.29, 1.82) is 0 Å². The number of aliphatic hydroxyl groups is 2. The molecule has 0 aromatic heterocycles. The molecule has 0 aromatic carbocycles. The highest BCUT2D eigenvalue weighted by Gasteiger charge is 2.43. The Balaban J connectivity index is 2.05. The van der Waals surface area contributed by atoms with Crippen molar-refractivity contribution < 1.29 is 48.2 Å². The second-order valence-electron chi connectivity index (χ2n) is 7.46. The Morgan fingerprint density at radius 1 is 1.41 bits per heavy atom. The lowest BCUT2D eigenvalue weighted by molar-refractivity contribution is -0.303. The summed E-state index contributed by atoms with van der Waals surface area (Å²) in [6.07, 6.45) is -1.01. The fourth-order valence-corrected chi connectivity index (χ4v) is 4.21. The van der Waals surface area contributed by atoms with Crippen LogP contribution >= 0.6 is 7.82 Å². The van der Waals surface area contributed by atoms with E-state index in [2.05, 4.69) is 9.26 Å². The highest BCUT2D eigenvalue weighted by atomic mass is 31.2. The van der Waals surface area contributed by atoms with Crippen molar-refractivity contribution in [2.24, 2.45) is 5.41 Å². The van der Waals surface area contributed by atoms with Crippen LogP contribution in [0.2, 0.25) is 0 Å². The molecular formula is C18H24O10P-. The number of rotatable bonds is 7. The van der Waals surface area contributed by atoms with E-state index in [1.807, 2.05) is 26.8 Å². The molecule has 2 unspecified atom stereocenters. The van der Waals surface area contributed by atoms with Gasteiger partial charge < -0.3 is 24.9 Å². The van der Waals surface area contributed by atoms with Gasteiger partial charge in [-0.3, -0.25) is 13.8 Å². The van der Waals surface area contributed by atoms with Gasteiger partial charge in [-0.15, -0.1) is 0 Å². The minimum Gasteiger partial charge on any atom is -0.865 e. The molecule has 10 nitrogen and oxygen atoms in total. The van der Waals surface area contributed by atoms with Crippen molar-refractivity contribution >= 4 is 19.6 Å². The van der Waals surface area contributed by atoms with E-state index in [4.69, 9.17) is 4.52 Å². The van der Waals surface area contributed by atoms with Crippen molar-refractivity contribution in [2.75, 3.05) is 6.61 Å². The van der Waals surface area contributed by atoms with Crippen LogP contribution < -0.4 is 5.11 Å². The van der Waals surface area contributed by atoms with Crippen LogP contribution in [0.15, 0.2) is 34.8 Å². The number of carbonyl (C=O) groups is 2. The third kappa shape index (κ3) is 4.96. The summed E-state index contributed by atoms with van der Waals surface area (Å²) in [6, 6.07) is 0. The molecule has 0 radical (unpaired) electrons. The molecule has 0 fully saturated rings. The second kappa shape index (κ2) is 8.41. The topological polar surface area (TPSA) is 163 Å². The molecule has 1 heterocycles. The number of carbonyl (C=O) groups excluding carboxylic acids is 2. The Bertz CT molecular complexity index is 838. The SMILES string of the molecule is C/C=C/C1=C(C)C(=O)C(OP(=O)(O)OC[C@H](O)[C@H]2OC(=O)C([O-])=C2O)CC1(C)C. The van der Waals surface area contributed by atoms with E-state index in [9.17, 15) is 34.4 Å². The summed E-state index contributed by atoms with van der Waals surface area (Å²) < 4.78 is 26.4. The number of ether oxygens (including phenoxy) is 1. The Labute approximate surface area is 167 Å². The average molecular weight is 431 g/mol. The second-order valence-corrected chi connectivity index (χ2v) is 8.86. The third-order valence-electron chi connectivity index (χ3n) is 4.76. The van der Waals surface area contributed by atoms with E-state index in [-0.39, 0.29) is 6.42 Å². The molecule has 0 saturated heterocycles. The van der Waals surface area contributed by atoms with Crippen LogP contribution in [0.3, 0.4) is 0 Å². The molecule has 0 bridgehead atoms. The van der Waals surface area contributed by atoms with Crippen LogP contribution in [0.5, 0.6) is 0 Å². The molecule has 162 valence electrons. The van der Waals surface area contributed by atoms with Crippen molar-refractivity contribution in [1.82, 2.24) is 0 Å². The summed E-state index contributed by atoms with van der Waals surface area (Å²) in [6.45, 7) is 6.25. The maximum Gasteiger partial charge on any atom is 0.472 e. The zero-order chi connectivity index (χ0) is 22.1. The summed E-state index contributed by atoms with van der Waals surface area (Å²) >= 11 is 0. The number of phosphoric acid groups is 1. The smallest absolute Gasteiger partial charge is 0.472 e. The number of ketones is 1. The molecule has 2 aliphatic rings. The fraction of sp³-hybridized carbons (Fsp3) is 0.556. The first-order valence-electron chi connectivity index (χ1n) is 8.84. The van der Waals surface area contributed by atoms with Gasteiger partial charge >= 0.3 is 13.8 Å². The van der Waals surface area contributed by atoms with Crippen LogP contribution in [-0.4, -0.2) is 51.8 Å². The Hall–Kier alpha value is -1.97. The monoisotopic (exact) mass is 431 g/mol. The molecule has 1 aliphatic carbocycles. The van der Waals surface area contributed by atoms with Gasteiger partial charge in [0, 0.05) is 5.76 Å². The van der Waals surface area contributed by atoms with Gasteiger partial charge in [0.05, 0.1) is 6.61 Å². The number of hydrogen-bond acceptors (Lipinski definition) is 9. The van der Waals surface area contributed by atoms with Gasteiger partial charge in [-0.2, -0.15) is 0 Å². The largest absolute Gasteiger partial charge is 0.865 e. The fourth-order valence-electron chi connectivity index (χ4n) is 3.32. The quantitative estimate of drug-likeness (QED) is 0.388. The molecule has 29 heavy (non-hydrogen) atoms. The molecule has 0 saturated carbocycles. The maximum atomic E-state index is 12.6. The molecule has 0 spiro atoms. The van der Waals surface area contributed by atoms with E-state index >= 15 is 0 Å². The molecule has 0 amide bonds. The molecule has 1 aliphatic heterocycles. The minimum absolute atomic E-state index is 0.128. The van der Waals surface area contributed by atoms with Crippen molar-refractivity contribution in [3.8, 4) is 0 Å². The van der Waals surface area contributed by atoms with Gasteiger partial charge in [0.15, 0.2) is 11.9 Å². The van der Waals surface area contributed by atoms with Crippen molar-refractivity contribution in [2.45, 2.75) is 52.4 Å². The first kappa shape index (κ1) is 23.3. The summed E-state index contributed by atoms with van der Waals surface area (Å²) in [5.41, 5.74) is 0.696. The Morgan fingerprint density at radius 3 is 2.55 bits per heavy atom. The molecule has 4 atom stereocenters. The van der Waals surface area contributed by atoms with Gasteiger partial charge in [-0.1, -0.05) is 26.0 Å². The zero-order valence-corrected chi connectivity index (χ0v) is 17.3. The number of esters is 1. The third-order valence-corrected chi connectivity index (χ3v) is 5.76. The van der Waals surface area contributed by atoms with Gasteiger partial charge in [-0.05, 0) is 36.8 Å². The summed E-state index contributed by atoms with van der Waals surface area (Å²) in [5, 5.41) is 30.6. The molecule has 3 N–H and O–H groups in total. The van der Waals surface area contributed by atoms with Crippen molar-refractivity contribution in [3.63, 3.8) is 0 Å². The number of aliphatic hydroxyl groups excluding tert-OH is 2. The van der Waals surface area contributed by atoms with Crippen LogP contribution in [0.4, 0.5) is 0 Å². The number of cyclic esters (lactones) is 1. The van der Waals surface area contributed by atoms with E-state index in [0.717, 1.165) is 5.57 Å². The minimum atomic E-state index is -4.80. The highest BCUT2D eigenvalue weighted by Crippen LogP contribution is 2.49.